The summed E-state index contributed by atoms with van der Waals surface area (Å²) in [7, 11) is 1.62. The van der Waals surface area contributed by atoms with Crippen LogP contribution >= 0.6 is 24.0 Å². The molecule has 27 heavy (non-hydrogen) atoms. The number of aliphatic imine (C=N–C) groups is 1. The van der Waals surface area contributed by atoms with Crippen LogP contribution in [0, 0.1) is 0 Å². The molecule has 1 atom stereocenters. The zero-order valence-corrected chi connectivity index (χ0v) is 18.6. The molecule has 1 aromatic heterocycles. The second-order valence-corrected chi connectivity index (χ2v) is 6.24. The highest BCUT2D eigenvalue weighted by atomic mass is 127. The minimum atomic E-state index is -0.650. The third-order valence-electron chi connectivity index (χ3n) is 3.87. The number of methoxy groups -OCH3 is 1. The van der Waals surface area contributed by atoms with Gasteiger partial charge in [-0.25, -0.2) is 4.99 Å². The predicted molar refractivity (Wildman–Crippen MR) is 117 cm³/mol. The summed E-state index contributed by atoms with van der Waals surface area (Å²) in [6, 6.07) is 9.26. The Labute approximate surface area is 177 Å². The molecule has 0 amide bonds. The van der Waals surface area contributed by atoms with Crippen LogP contribution in [0.2, 0.25) is 0 Å². The van der Waals surface area contributed by atoms with Crippen LogP contribution in [-0.2, 0) is 6.54 Å². The molecule has 0 spiro atoms. The number of ether oxygens (including phenoxy) is 1. The van der Waals surface area contributed by atoms with E-state index in [9.17, 15) is 5.11 Å². The number of halogens is 1. The average molecular weight is 488 g/mol. The van der Waals surface area contributed by atoms with Crippen LogP contribution in [-0.4, -0.2) is 36.4 Å². The Morgan fingerprint density at radius 2 is 1.96 bits per heavy atom. The van der Waals surface area contributed by atoms with Gasteiger partial charge < -0.3 is 25.0 Å². The van der Waals surface area contributed by atoms with E-state index in [0.717, 1.165) is 23.6 Å². The first kappa shape index (κ1) is 23.2. The number of hydrogen-bond donors (Lipinski definition) is 3. The maximum atomic E-state index is 10.3. The first-order chi connectivity index (χ1) is 12.5. The minimum absolute atomic E-state index is 0. The van der Waals surface area contributed by atoms with E-state index in [4.69, 9.17) is 9.26 Å². The topological polar surface area (TPSA) is 91.9 Å². The average Bonchev–Trinajstić information content (AvgIpc) is 3.13. The molecule has 0 bridgehead atoms. The van der Waals surface area contributed by atoms with Crippen molar-refractivity contribution in [3.05, 3.63) is 47.3 Å². The predicted octanol–water partition coefficient (Wildman–Crippen LogP) is 3.21. The molecular weight excluding hydrogens is 459 g/mol. The van der Waals surface area contributed by atoms with Crippen molar-refractivity contribution < 1.29 is 14.4 Å². The molecule has 2 rings (SSSR count). The largest absolute Gasteiger partial charge is 0.497 e. The van der Waals surface area contributed by atoms with Gasteiger partial charge in [0.1, 0.15) is 12.3 Å². The van der Waals surface area contributed by atoms with E-state index in [-0.39, 0.29) is 24.0 Å². The molecule has 1 aromatic carbocycles. The molecule has 0 saturated heterocycles. The van der Waals surface area contributed by atoms with E-state index in [1.54, 1.807) is 7.11 Å². The second-order valence-electron chi connectivity index (χ2n) is 6.24. The number of aliphatic hydroxyl groups is 1. The van der Waals surface area contributed by atoms with Gasteiger partial charge in [-0.2, -0.15) is 0 Å². The van der Waals surface area contributed by atoms with Gasteiger partial charge in [0.15, 0.2) is 11.7 Å². The summed E-state index contributed by atoms with van der Waals surface area (Å²) in [6.07, 6.45) is -0.650. The van der Waals surface area contributed by atoms with Gasteiger partial charge in [0.05, 0.1) is 18.9 Å². The molecule has 3 N–H and O–H groups in total. The number of nitrogens with one attached hydrogen (secondary N) is 2. The Bertz CT molecular complexity index is 701. The van der Waals surface area contributed by atoms with Crippen molar-refractivity contribution >= 4 is 29.9 Å². The van der Waals surface area contributed by atoms with Gasteiger partial charge in [-0.3, -0.25) is 0 Å². The number of aromatic nitrogens is 1. The summed E-state index contributed by atoms with van der Waals surface area (Å²) >= 11 is 0. The van der Waals surface area contributed by atoms with Gasteiger partial charge >= 0.3 is 0 Å². The second kappa shape index (κ2) is 11.8. The molecule has 0 aliphatic carbocycles. The highest BCUT2D eigenvalue weighted by Crippen LogP contribution is 2.17. The van der Waals surface area contributed by atoms with Crippen LogP contribution in [0.1, 0.15) is 49.8 Å². The third kappa shape index (κ3) is 7.37. The standard InChI is InChI=1S/C19H28N4O3.HI/c1-5-20-19(21-11-16-10-17(13(2)3)23-26-16)22-12-18(24)14-6-8-15(25-4)9-7-14;/h6-10,13,18,24H,5,11-12H2,1-4H3,(H2,20,21,22);1H. The molecule has 0 radical (unpaired) electrons. The van der Waals surface area contributed by atoms with E-state index < -0.39 is 6.10 Å². The molecule has 150 valence electrons. The van der Waals surface area contributed by atoms with Crippen molar-refractivity contribution in [2.75, 3.05) is 20.2 Å². The summed E-state index contributed by atoms with van der Waals surface area (Å²) < 4.78 is 10.4. The van der Waals surface area contributed by atoms with Gasteiger partial charge in [0, 0.05) is 19.2 Å². The molecule has 0 saturated carbocycles. The smallest absolute Gasteiger partial charge is 0.191 e. The minimum Gasteiger partial charge on any atom is -0.497 e. The Kier molecular flexibility index (Phi) is 10.2. The third-order valence-corrected chi connectivity index (χ3v) is 3.87. The van der Waals surface area contributed by atoms with Crippen molar-refractivity contribution in [3.8, 4) is 5.75 Å². The fourth-order valence-electron chi connectivity index (χ4n) is 2.31. The summed E-state index contributed by atoms with van der Waals surface area (Å²) in [5.41, 5.74) is 1.73. The highest BCUT2D eigenvalue weighted by Gasteiger charge is 2.10. The molecule has 8 heteroatoms. The van der Waals surface area contributed by atoms with E-state index in [2.05, 4.69) is 34.6 Å². The zero-order valence-electron chi connectivity index (χ0n) is 16.2. The van der Waals surface area contributed by atoms with Crippen molar-refractivity contribution in [3.63, 3.8) is 0 Å². The number of guanidine groups is 1. The lowest BCUT2D eigenvalue weighted by Gasteiger charge is -2.15. The van der Waals surface area contributed by atoms with E-state index in [0.29, 0.717) is 30.7 Å². The number of rotatable bonds is 8. The van der Waals surface area contributed by atoms with Crippen LogP contribution < -0.4 is 15.4 Å². The first-order valence-corrected chi connectivity index (χ1v) is 8.83. The molecule has 0 aliphatic heterocycles. The maximum absolute atomic E-state index is 10.3. The Morgan fingerprint density at radius 1 is 1.26 bits per heavy atom. The Hall–Kier alpha value is -1.81. The summed E-state index contributed by atoms with van der Waals surface area (Å²) in [6.45, 7) is 7.56. The van der Waals surface area contributed by atoms with Crippen molar-refractivity contribution in [1.29, 1.82) is 0 Å². The van der Waals surface area contributed by atoms with Crippen LogP contribution in [0.15, 0.2) is 39.8 Å². The number of hydrogen-bond acceptors (Lipinski definition) is 5. The maximum Gasteiger partial charge on any atom is 0.191 e. The van der Waals surface area contributed by atoms with Gasteiger partial charge in [-0.05, 0) is 30.5 Å². The van der Waals surface area contributed by atoms with Crippen LogP contribution in [0.3, 0.4) is 0 Å². The summed E-state index contributed by atoms with van der Waals surface area (Å²) in [5, 5.41) is 20.7. The fraction of sp³-hybridized carbons (Fsp3) is 0.474. The normalized spacial score (nSPS) is 12.4. The number of benzene rings is 1. The van der Waals surface area contributed by atoms with Crippen LogP contribution in [0.25, 0.3) is 0 Å². The van der Waals surface area contributed by atoms with Crippen LogP contribution in [0.5, 0.6) is 5.75 Å². The van der Waals surface area contributed by atoms with Gasteiger partial charge in [-0.1, -0.05) is 31.1 Å². The van der Waals surface area contributed by atoms with E-state index >= 15 is 0 Å². The first-order valence-electron chi connectivity index (χ1n) is 8.83. The number of nitrogens with zero attached hydrogens (tertiary/aromatic N) is 2. The van der Waals surface area contributed by atoms with Crippen molar-refractivity contribution in [2.45, 2.75) is 39.3 Å². The highest BCUT2D eigenvalue weighted by molar-refractivity contribution is 14.0. The Balaban J connectivity index is 0.00000364. The lowest BCUT2D eigenvalue weighted by atomic mass is 10.1. The molecule has 0 aliphatic rings. The lowest BCUT2D eigenvalue weighted by molar-refractivity contribution is 0.180. The fourth-order valence-corrected chi connectivity index (χ4v) is 2.31. The van der Waals surface area contributed by atoms with E-state index in [1.165, 1.54) is 0 Å². The molecule has 7 nitrogen and oxygen atoms in total. The van der Waals surface area contributed by atoms with E-state index in [1.807, 2.05) is 37.3 Å². The molecule has 0 fully saturated rings. The Morgan fingerprint density at radius 3 is 2.52 bits per heavy atom. The van der Waals surface area contributed by atoms with Gasteiger partial charge in [0.2, 0.25) is 0 Å². The SMILES string of the molecule is CCNC(=NCc1cc(C(C)C)no1)NCC(O)c1ccc(OC)cc1.I. The van der Waals surface area contributed by atoms with Gasteiger partial charge in [0.25, 0.3) is 0 Å². The summed E-state index contributed by atoms with van der Waals surface area (Å²) in [4.78, 5) is 4.48. The molecule has 1 heterocycles. The molecular formula is C19H29IN4O3. The number of aliphatic hydroxyl groups excluding tert-OH is 1. The summed E-state index contributed by atoms with van der Waals surface area (Å²) in [5.74, 6) is 2.41. The van der Waals surface area contributed by atoms with Crippen molar-refractivity contribution in [2.24, 2.45) is 4.99 Å². The zero-order chi connectivity index (χ0) is 18.9. The van der Waals surface area contributed by atoms with Gasteiger partial charge in [-0.15, -0.1) is 24.0 Å². The quantitative estimate of drug-likeness (QED) is 0.300. The van der Waals surface area contributed by atoms with Crippen molar-refractivity contribution in [1.82, 2.24) is 15.8 Å². The lowest BCUT2D eigenvalue weighted by Crippen LogP contribution is -2.39. The van der Waals surface area contributed by atoms with Crippen LogP contribution in [0.4, 0.5) is 0 Å². The molecule has 2 aromatic rings. The molecule has 1 unspecified atom stereocenters. The monoisotopic (exact) mass is 488 g/mol.